The standard InChI is InChI=1S/C19H19N3O3/c1-23-15-9-14-13(18(24-2)19(15)25-3)6-8-22-11-21-16(17(14)22)12-5-4-7-20-10-12/h4-5,7,9-11H,6,8H2,1-3H3. The fourth-order valence-corrected chi connectivity index (χ4v) is 3.46. The minimum absolute atomic E-state index is 0.625. The predicted molar refractivity (Wildman–Crippen MR) is 94.3 cm³/mol. The zero-order chi connectivity index (χ0) is 17.4. The summed E-state index contributed by atoms with van der Waals surface area (Å²) in [5.74, 6) is 1.99. The fourth-order valence-electron chi connectivity index (χ4n) is 3.46. The second kappa shape index (κ2) is 6.12. The van der Waals surface area contributed by atoms with Crippen molar-refractivity contribution in [3.8, 4) is 39.8 Å². The molecule has 1 aromatic carbocycles. The van der Waals surface area contributed by atoms with Crippen LogP contribution in [0.1, 0.15) is 5.56 Å². The van der Waals surface area contributed by atoms with E-state index in [4.69, 9.17) is 14.2 Å². The molecule has 0 spiro atoms. The highest BCUT2D eigenvalue weighted by Gasteiger charge is 2.28. The summed E-state index contributed by atoms with van der Waals surface area (Å²) in [6.07, 6.45) is 6.31. The normalized spacial score (nSPS) is 12.3. The number of ether oxygens (including phenoxy) is 3. The predicted octanol–water partition coefficient (Wildman–Crippen LogP) is 3.19. The summed E-state index contributed by atoms with van der Waals surface area (Å²) in [6.45, 7) is 0.835. The maximum atomic E-state index is 5.67. The van der Waals surface area contributed by atoms with Crippen LogP contribution in [-0.4, -0.2) is 35.9 Å². The molecule has 0 saturated carbocycles. The second-order valence-electron chi connectivity index (χ2n) is 5.80. The van der Waals surface area contributed by atoms with Crippen molar-refractivity contribution in [3.63, 3.8) is 0 Å². The van der Waals surface area contributed by atoms with Crippen molar-refractivity contribution in [2.75, 3.05) is 21.3 Å². The van der Waals surface area contributed by atoms with E-state index in [1.165, 1.54) is 0 Å². The van der Waals surface area contributed by atoms with Crippen LogP contribution in [0.4, 0.5) is 0 Å². The molecule has 6 nitrogen and oxygen atoms in total. The lowest BCUT2D eigenvalue weighted by atomic mass is 9.94. The molecule has 6 heteroatoms. The van der Waals surface area contributed by atoms with Crippen molar-refractivity contribution >= 4 is 0 Å². The van der Waals surface area contributed by atoms with Gasteiger partial charge in [-0.25, -0.2) is 4.98 Å². The SMILES string of the molecule is COc1cc2c(c(OC)c1OC)CCn1cnc(-c3cccnc3)c1-2. The average Bonchev–Trinajstić information content (AvgIpc) is 3.11. The molecule has 0 bridgehead atoms. The number of hydrogen-bond acceptors (Lipinski definition) is 5. The van der Waals surface area contributed by atoms with Gasteiger partial charge in [-0.2, -0.15) is 0 Å². The van der Waals surface area contributed by atoms with Crippen molar-refractivity contribution in [1.82, 2.24) is 14.5 Å². The molecule has 0 unspecified atom stereocenters. The Morgan fingerprint density at radius 1 is 1.08 bits per heavy atom. The largest absolute Gasteiger partial charge is 0.493 e. The number of nitrogens with zero attached hydrogens (tertiary/aromatic N) is 3. The van der Waals surface area contributed by atoms with E-state index in [-0.39, 0.29) is 0 Å². The summed E-state index contributed by atoms with van der Waals surface area (Å²) in [5, 5.41) is 0. The third kappa shape index (κ3) is 2.33. The summed E-state index contributed by atoms with van der Waals surface area (Å²) in [4.78, 5) is 8.85. The maximum Gasteiger partial charge on any atom is 0.203 e. The molecule has 128 valence electrons. The zero-order valence-electron chi connectivity index (χ0n) is 14.4. The van der Waals surface area contributed by atoms with Crippen LogP contribution in [0.2, 0.25) is 0 Å². The number of pyridine rings is 1. The van der Waals surface area contributed by atoms with Gasteiger partial charge < -0.3 is 18.8 Å². The van der Waals surface area contributed by atoms with Crippen LogP contribution in [0.15, 0.2) is 36.9 Å². The lowest BCUT2D eigenvalue weighted by molar-refractivity contribution is 0.321. The Morgan fingerprint density at radius 2 is 1.92 bits per heavy atom. The number of rotatable bonds is 4. The van der Waals surface area contributed by atoms with Crippen LogP contribution in [0.5, 0.6) is 17.2 Å². The van der Waals surface area contributed by atoms with Gasteiger partial charge in [0.05, 0.1) is 39.0 Å². The molecule has 1 aliphatic rings. The van der Waals surface area contributed by atoms with E-state index in [0.29, 0.717) is 11.5 Å². The van der Waals surface area contributed by atoms with Crippen LogP contribution in [0.25, 0.3) is 22.5 Å². The van der Waals surface area contributed by atoms with Crippen molar-refractivity contribution in [1.29, 1.82) is 0 Å². The van der Waals surface area contributed by atoms with E-state index in [0.717, 1.165) is 46.8 Å². The van der Waals surface area contributed by atoms with Crippen LogP contribution >= 0.6 is 0 Å². The molecular formula is C19H19N3O3. The Labute approximate surface area is 146 Å². The first kappa shape index (κ1) is 15.5. The Hall–Kier alpha value is -3.02. The first-order valence-electron chi connectivity index (χ1n) is 8.06. The lowest BCUT2D eigenvalue weighted by Crippen LogP contribution is -2.12. The monoisotopic (exact) mass is 337 g/mol. The molecule has 0 aliphatic carbocycles. The summed E-state index contributed by atoms with van der Waals surface area (Å²) in [6, 6.07) is 5.94. The summed E-state index contributed by atoms with van der Waals surface area (Å²) >= 11 is 0. The Bertz CT molecular complexity index is 919. The fraction of sp³-hybridized carbons (Fsp3) is 0.263. The van der Waals surface area contributed by atoms with Crippen LogP contribution in [0.3, 0.4) is 0 Å². The van der Waals surface area contributed by atoms with Gasteiger partial charge in [-0.05, 0) is 24.6 Å². The maximum absolute atomic E-state index is 5.67. The lowest BCUT2D eigenvalue weighted by Gasteiger charge is -2.24. The molecule has 25 heavy (non-hydrogen) atoms. The first-order valence-corrected chi connectivity index (χ1v) is 8.06. The first-order chi connectivity index (χ1) is 12.3. The molecular weight excluding hydrogens is 318 g/mol. The van der Waals surface area contributed by atoms with E-state index >= 15 is 0 Å². The van der Waals surface area contributed by atoms with Gasteiger partial charge in [0.1, 0.15) is 0 Å². The minimum Gasteiger partial charge on any atom is -0.493 e. The highest BCUT2D eigenvalue weighted by molar-refractivity contribution is 5.84. The number of aromatic nitrogens is 3. The highest BCUT2D eigenvalue weighted by Crippen LogP contribution is 2.48. The number of benzene rings is 1. The smallest absolute Gasteiger partial charge is 0.203 e. The summed E-state index contributed by atoms with van der Waals surface area (Å²) in [5.41, 5.74) is 5.10. The Balaban J connectivity index is 1.99. The zero-order valence-corrected chi connectivity index (χ0v) is 14.4. The molecule has 0 amide bonds. The molecule has 0 saturated heterocycles. The third-order valence-electron chi connectivity index (χ3n) is 4.56. The third-order valence-corrected chi connectivity index (χ3v) is 4.56. The summed E-state index contributed by atoms with van der Waals surface area (Å²) < 4.78 is 18.9. The van der Waals surface area contributed by atoms with Crippen molar-refractivity contribution in [2.45, 2.75) is 13.0 Å². The van der Waals surface area contributed by atoms with Gasteiger partial charge in [-0.3, -0.25) is 4.98 Å². The molecule has 0 radical (unpaired) electrons. The van der Waals surface area contributed by atoms with Crippen LogP contribution < -0.4 is 14.2 Å². The van der Waals surface area contributed by atoms with Gasteiger partial charge in [0.15, 0.2) is 11.5 Å². The van der Waals surface area contributed by atoms with Gasteiger partial charge in [0.25, 0.3) is 0 Å². The number of imidazole rings is 1. The van der Waals surface area contributed by atoms with Gasteiger partial charge in [0.2, 0.25) is 5.75 Å². The average molecular weight is 337 g/mol. The van der Waals surface area contributed by atoms with E-state index in [1.807, 2.05) is 30.7 Å². The van der Waals surface area contributed by atoms with E-state index in [1.54, 1.807) is 27.5 Å². The quantitative estimate of drug-likeness (QED) is 0.732. The molecule has 4 rings (SSSR count). The van der Waals surface area contributed by atoms with Crippen LogP contribution in [0, 0.1) is 0 Å². The van der Waals surface area contributed by atoms with Gasteiger partial charge in [0, 0.05) is 35.6 Å². The van der Waals surface area contributed by atoms with E-state index in [9.17, 15) is 0 Å². The molecule has 3 heterocycles. The number of hydrogen-bond donors (Lipinski definition) is 0. The van der Waals surface area contributed by atoms with Crippen molar-refractivity contribution in [3.05, 3.63) is 42.5 Å². The Morgan fingerprint density at radius 3 is 2.60 bits per heavy atom. The van der Waals surface area contributed by atoms with Crippen molar-refractivity contribution in [2.24, 2.45) is 0 Å². The van der Waals surface area contributed by atoms with Gasteiger partial charge >= 0.3 is 0 Å². The molecule has 2 aromatic heterocycles. The number of aryl methyl sites for hydroxylation is 1. The topological polar surface area (TPSA) is 58.4 Å². The molecule has 0 N–H and O–H groups in total. The van der Waals surface area contributed by atoms with Gasteiger partial charge in [-0.15, -0.1) is 0 Å². The molecule has 0 fully saturated rings. The minimum atomic E-state index is 0.625. The number of methoxy groups -OCH3 is 3. The number of fused-ring (bicyclic) bond motifs is 3. The summed E-state index contributed by atoms with van der Waals surface area (Å²) in [7, 11) is 4.91. The molecule has 0 atom stereocenters. The van der Waals surface area contributed by atoms with E-state index in [2.05, 4.69) is 14.5 Å². The molecule has 1 aliphatic heterocycles. The molecule has 3 aromatic rings. The van der Waals surface area contributed by atoms with Gasteiger partial charge in [-0.1, -0.05) is 0 Å². The highest BCUT2D eigenvalue weighted by atomic mass is 16.5. The Kier molecular flexibility index (Phi) is 3.80. The van der Waals surface area contributed by atoms with Crippen LogP contribution in [-0.2, 0) is 13.0 Å². The van der Waals surface area contributed by atoms with E-state index < -0.39 is 0 Å². The second-order valence-corrected chi connectivity index (χ2v) is 5.80. The van der Waals surface area contributed by atoms with Crippen molar-refractivity contribution < 1.29 is 14.2 Å².